The van der Waals surface area contributed by atoms with Crippen LogP contribution in [-0.2, 0) is 6.42 Å². The van der Waals surface area contributed by atoms with Gasteiger partial charge in [-0.3, -0.25) is 9.69 Å². The van der Waals surface area contributed by atoms with E-state index in [-0.39, 0.29) is 5.56 Å². The molecule has 0 unspecified atom stereocenters. The van der Waals surface area contributed by atoms with Crippen LogP contribution in [-0.4, -0.2) is 47.5 Å². The SMILES string of the molecule is O=c1cc(CCCN2CCN(C(c3ccccc3)c3ccccc3)CC2)c2ccccc2[nH]1. The highest BCUT2D eigenvalue weighted by molar-refractivity contribution is 5.81. The molecule has 0 amide bonds. The van der Waals surface area contributed by atoms with Gasteiger partial charge < -0.3 is 9.88 Å². The third-order valence-electron chi connectivity index (χ3n) is 6.76. The molecule has 0 spiro atoms. The Morgan fingerprint density at radius 3 is 2.03 bits per heavy atom. The number of pyridine rings is 1. The molecular formula is C29H31N3O. The van der Waals surface area contributed by atoms with Crippen LogP contribution in [0.2, 0.25) is 0 Å². The van der Waals surface area contributed by atoms with Crippen molar-refractivity contribution in [3.8, 4) is 0 Å². The molecule has 1 aliphatic heterocycles. The van der Waals surface area contributed by atoms with Crippen molar-refractivity contribution in [2.24, 2.45) is 0 Å². The zero-order valence-electron chi connectivity index (χ0n) is 19.0. The first-order chi connectivity index (χ1) is 16.3. The van der Waals surface area contributed by atoms with Crippen LogP contribution in [0.5, 0.6) is 0 Å². The third-order valence-corrected chi connectivity index (χ3v) is 6.76. The van der Waals surface area contributed by atoms with Gasteiger partial charge in [-0.15, -0.1) is 0 Å². The summed E-state index contributed by atoms with van der Waals surface area (Å²) in [5.74, 6) is 0. The van der Waals surface area contributed by atoms with Crippen molar-refractivity contribution in [3.05, 3.63) is 118 Å². The predicted molar refractivity (Wildman–Crippen MR) is 136 cm³/mol. The van der Waals surface area contributed by atoms with E-state index in [4.69, 9.17) is 0 Å². The standard InChI is InChI=1S/C29H31N3O/c33-28-22-25(26-15-7-8-16-27(26)30-28)14-9-17-31-18-20-32(21-19-31)29(23-10-3-1-4-11-23)24-12-5-2-6-13-24/h1-8,10-13,15-16,22,29H,9,14,17-21H2,(H,30,33). The molecule has 4 aromatic rings. The van der Waals surface area contributed by atoms with E-state index < -0.39 is 0 Å². The van der Waals surface area contributed by atoms with Crippen LogP contribution in [0.3, 0.4) is 0 Å². The van der Waals surface area contributed by atoms with E-state index >= 15 is 0 Å². The Labute approximate surface area is 195 Å². The number of benzene rings is 3. The molecule has 5 rings (SSSR count). The summed E-state index contributed by atoms with van der Waals surface area (Å²) in [6.45, 7) is 5.33. The quantitative estimate of drug-likeness (QED) is 0.448. The lowest BCUT2D eigenvalue weighted by Crippen LogP contribution is -2.48. The third kappa shape index (κ3) is 5.08. The Kier molecular flexibility index (Phi) is 6.66. The second-order valence-electron chi connectivity index (χ2n) is 8.91. The Morgan fingerprint density at radius 1 is 0.758 bits per heavy atom. The molecule has 0 bridgehead atoms. The largest absolute Gasteiger partial charge is 0.322 e. The van der Waals surface area contributed by atoms with Crippen LogP contribution >= 0.6 is 0 Å². The number of nitrogens with one attached hydrogen (secondary N) is 1. The number of aromatic nitrogens is 1. The summed E-state index contributed by atoms with van der Waals surface area (Å²) in [5.41, 5.74) is 4.80. The minimum atomic E-state index is -0.00909. The van der Waals surface area contributed by atoms with Gasteiger partial charge in [0.05, 0.1) is 6.04 Å². The van der Waals surface area contributed by atoms with Gasteiger partial charge in [0.2, 0.25) is 5.56 Å². The van der Waals surface area contributed by atoms with E-state index in [0.717, 1.165) is 62.0 Å². The van der Waals surface area contributed by atoms with Gasteiger partial charge in [0.1, 0.15) is 0 Å². The fraction of sp³-hybridized carbons (Fsp3) is 0.276. The van der Waals surface area contributed by atoms with E-state index in [9.17, 15) is 4.79 Å². The first-order valence-electron chi connectivity index (χ1n) is 12.0. The van der Waals surface area contributed by atoms with Gasteiger partial charge in [0.25, 0.3) is 0 Å². The highest BCUT2D eigenvalue weighted by Crippen LogP contribution is 2.29. The topological polar surface area (TPSA) is 39.3 Å². The molecule has 33 heavy (non-hydrogen) atoms. The van der Waals surface area contributed by atoms with Crippen molar-refractivity contribution >= 4 is 10.9 Å². The lowest BCUT2D eigenvalue weighted by molar-refractivity contribution is 0.109. The molecule has 0 radical (unpaired) electrons. The monoisotopic (exact) mass is 437 g/mol. The molecule has 2 heterocycles. The van der Waals surface area contributed by atoms with Gasteiger partial charge in [-0.25, -0.2) is 0 Å². The summed E-state index contributed by atoms with van der Waals surface area (Å²) in [4.78, 5) is 20.2. The second-order valence-corrected chi connectivity index (χ2v) is 8.91. The van der Waals surface area contributed by atoms with Gasteiger partial charge in [0.15, 0.2) is 0 Å². The van der Waals surface area contributed by atoms with Crippen LogP contribution in [0.1, 0.15) is 29.2 Å². The van der Waals surface area contributed by atoms with E-state index in [1.54, 1.807) is 6.07 Å². The second kappa shape index (κ2) is 10.2. The van der Waals surface area contributed by atoms with E-state index in [2.05, 4.69) is 81.5 Å². The molecule has 0 saturated carbocycles. The van der Waals surface area contributed by atoms with Crippen molar-refractivity contribution in [3.63, 3.8) is 0 Å². The van der Waals surface area contributed by atoms with Crippen LogP contribution in [0, 0.1) is 0 Å². The summed E-state index contributed by atoms with van der Waals surface area (Å²) in [6.07, 6.45) is 2.00. The van der Waals surface area contributed by atoms with Crippen LogP contribution in [0.4, 0.5) is 0 Å². The lowest BCUT2D eigenvalue weighted by Gasteiger charge is -2.40. The molecule has 4 nitrogen and oxygen atoms in total. The Hall–Kier alpha value is -3.21. The number of aromatic amines is 1. The predicted octanol–water partition coefficient (Wildman–Crippen LogP) is 4.87. The van der Waals surface area contributed by atoms with Crippen LogP contribution in [0.15, 0.2) is 95.8 Å². The van der Waals surface area contributed by atoms with Crippen LogP contribution in [0.25, 0.3) is 10.9 Å². The molecule has 0 aliphatic carbocycles. The molecule has 1 fully saturated rings. The number of H-pyrrole nitrogens is 1. The Bertz CT molecular complexity index is 1190. The molecule has 1 N–H and O–H groups in total. The van der Waals surface area contributed by atoms with Crippen LogP contribution < -0.4 is 5.56 Å². The number of hydrogen-bond acceptors (Lipinski definition) is 3. The molecule has 4 heteroatoms. The number of rotatable bonds is 7. The maximum Gasteiger partial charge on any atom is 0.248 e. The number of fused-ring (bicyclic) bond motifs is 1. The Balaban J connectivity index is 1.21. The molecule has 0 atom stereocenters. The first kappa shape index (κ1) is 21.6. The van der Waals surface area contributed by atoms with E-state index in [0.29, 0.717) is 6.04 Å². The fourth-order valence-corrected chi connectivity index (χ4v) is 5.11. The molecule has 3 aromatic carbocycles. The number of nitrogens with zero attached hydrogens (tertiary/aromatic N) is 2. The molecular weight excluding hydrogens is 406 g/mol. The van der Waals surface area contributed by atoms with Gasteiger partial charge in [-0.1, -0.05) is 78.9 Å². The highest BCUT2D eigenvalue weighted by Gasteiger charge is 2.26. The Morgan fingerprint density at radius 2 is 1.36 bits per heavy atom. The average molecular weight is 438 g/mol. The highest BCUT2D eigenvalue weighted by atomic mass is 16.1. The summed E-state index contributed by atoms with van der Waals surface area (Å²) >= 11 is 0. The summed E-state index contributed by atoms with van der Waals surface area (Å²) in [6, 6.07) is 31.9. The fourth-order valence-electron chi connectivity index (χ4n) is 5.11. The van der Waals surface area contributed by atoms with E-state index in [1.807, 2.05) is 18.2 Å². The smallest absolute Gasteiger partial charge is 0.248 e. The lowest BCUT2D eigenvalue weighted by atomic mass is 9.96. The normalized spacial score (nSPS) is 15.3. The minimum Gasteiger partial charge on any atom is -0.322 e. The van der Waals surface area contributed by atoms with Crippen molar-refractivity contribution in [2.75, 3.05) is 32.7 Å². The van der Waals surface area contributed by atoms with Crippen molar-refractivity contribution in [1.29, 1.82) is 0 Å². The summed E-state index contributed by atoms with van der Waals surface area (Å²) in [5, 5.41) is 1.16. The van der Waals surface area contributed by atoms with Gasteiger partial charge in [-0.2, -0.15) is 0 Å². The zero-order valence-corrected chi connectivity index (χ0v) is 19.0. The number of aryl methyl sites for hydroxylation is 1. The average Bonchev–Trinajstić information content (AvgIpc) is 2.86. The van der Waals surface area contributed by atoms with Crippen molar-refractivity contribution in [1.82, 2.24) is 14.8 Å². The number of piperazine rings is 1. The molecule has 1 aliphatic rings. The first-order valence-corrected chi connectivity index (χ1v) is 12.0. The summed E-state index contributed by atoms with van der Waals surface area (Å²) in [7, 11) is 0. The van der Waals surface area contributed by atoms with Gasteiger partial charge in [0, 0.05) is 43.1 Å². The molecule has 1 saturated heterocycles. The minimum absolute atomic E-state index is 0.00909. The molecule has 1 aromatic heterocycles. The van der Waals surface area contributed by atoms with Crippen molar-refractivity contribution in [2.45, 2.75) is 18.9 Å². The summed E-state index contributed by atoms with van der Waals surface area (Å²) < 4.78 is 0. The molecule has 168 valence electrons. The maximum atomic E-state index is 12.0. The zero-order chi connectivity index (χ0) is 22.5. The number of hydrogen-bond donors (Lipinski definition) is 1. The van der Waals surface area contributed by atoms with Gasteiger partial charge in [-0.05, 0) is 42.1 Å². The van der Waals surface area contributed by atoms with E-state index in [1.165, 1.54) is 11.1 Å². The number of para-hydroxylation sites is 1. The maximum absolute atomic E-state index is 12.0. The van der Waals surface area contributed by atoms with Gasteiger partial charge >= 0.3 is 0 Å². The van der Waals surface area contributed by atoms with Crippen molar-refractivity contribution < 1.29 is 0 Å².